The van der Waals surface area contributed by atoms with Crippen molar-refractivity contribution < 1.29 is 9.90 Å². The van der Waals surface area contributed by atoms with Crippen molar-refractivity contribution in [3.8, 4) is 0 Å². The highest BCUT2D eigenvalue weighted by atomic mass is 35.5. The van der Waals surface area contributed by atoms with Gasteiger partial charge in [-0.2, -0.15) is 0 Å². The number of carboxylic acids is 1. The van der Waals surface area contributed by atoms with Gasteiger partial charge in [-0.05, 0) is 44.6 Å². The molecule has 0 spiro atoms. The molecule has 3 heterocycles. The van der Waals surface area contributed by atoms with Gasteiger partial charge in [0, 0.05) is 5.92 Å². The first kappa shape index (κ1) is 14.4. The van der Waals surface area contributed by atoms with Crippen LogP contribution in [0.1, 0.15) is 42.0 Å². The third-order valence-electron chi connectivity index (χ3n) is 4.26. The van der Waals surface area contributed by atoms with Crippen LogP contribution < -0.4 is 0 Å². The molecule has 1 N–H and O–H groups in total. The van der Waals surface area contributed by atoms with Gasteiger partial charge in [0.15, 0.2) is 5.15 Å². The van der Waals surface area contributed by atoms with E-state index in [2.05, 4.69) is 16.8 Å². The van der Waals surface area contributed by atoms with Crippen LogP contribution >= 0.6 is 11.6 Å². The molecule has 0 radical (unpaired) electrons. The fraction of sp³-hybridized carbons (Fsp3) is 0.467. The molecule has 2 aromatic heterocycles. The molecule has 5 nitrogen and oxygen atoms in total. The molecule has 3 rings (SSSR count). The lowest BCUT2D eigenvalue weighted by Crippen LogP contribution is -2.33. The van der Waals surface area contributed by atoms with Gasteiger partial charge in [0.1, 0.15) is 11.5 Å². The maximum absolute atomic E-state index is 11.5. The second-order valence-electron chi connectivity index (χ2n) is 5.41. The zero-order valence-corrected chi connectivity index (χ0v) is 12.7. The average molecular weight is 308 g/mol. The van der Waals surface area contributed by atoms with Crippen molar-refractivity contribution in [3.05, 3.63) is 34.9 Å². The zero-order valence-electron chi connectivity index (χ0n) is 11.9. The predicted molar refractivity (Wildman–Crippen MR) is 81.3 cm³/mol. The lowest BCUT2D eigenvalue weighted by molar-refractivity contribution is 0.0688. The Morgan fingerprint density at radius 2 is 2.14 bits per heavy atom. The maximum Gasteiger partial charge on any atom is 0.352 e. The van der Waals surface area contributed by atoms with E-state index in [1.54, 1.807) is 16.5 Å². The molecule has 0 amide bonds. The second-order valence-corrected chi connectivity index (χ2v) is 5.76. The molecular formula is C15H18ClN3O2. The largest absolute Gasteiger partial charge is 0.477 e. The topological polar surface area (TPSA) is 57.8 Å². The summed E-state index contributed by atoms with van der Waals surface area (Å²) in [6, 6.07) is 5.11. The SMILES string of the molecule is CCN1CCC(c2nc(Cl)c3cccc(C(=O)O)n23)CC1. The summed E-state index contributed by atoms with van der Waals surface area (Å²) in [5, 5.41) is 9.78. The summed E-state index contributed by atoms with van der Waals surface area (Å²) in [5.74, 6) is 0.0824. The first-order valence-electron chi connectivity index (χ1n) is 7.24. The van der Waals surface area contributed by atoms with Crippen LogP contribution in [0.3, 0.4) is 0 Å². The van der Waals surface area contributed by atoms with Crippen molar-refractivity contribution >= 4 is 23.1 Å². The van der Waals surface area contributed by atoms with Gasteiger partial charge in [0.25, 0.3) is 0 Å². The first-order valence-corrected chi connectivity index (χ1v) is 7.62. The second kappa shape index (κ2) is 5.66. The number of hydrogen-bond acceptors (Lipinski definition) is 3. The normalized spacial score (nSPS) is 17.4. The van der Waals surface area contributed by atoms with E-state index < -0.39 is 5.97 Å². The van der Waals surface area contributed by atoms with Gasteiger partial charge in [-0.15, -0.1) is 0 Å². The van der Waals surface area contributed by atoms with Crippen molar-refractivity contribution in [2.75, 3.05) is 19.6 Å². The Labute approximate surface area is 128 Å². The molecule has 2 aromatic rings. The number of rotatable bonds is 3. The smallest absolute Gasteiger partial charge is 0.352 e. The van der Waals surface area contributed by atoms with Crippen molar-refractivity contribution in [1.29, 1.82) is 0 Å². The van der Waals surface area contributed by atoms with Crippen LogP contribution in [-0.4, -0.2) is 45.0 Å². The van der Waals surface area contributed by atoms with E-state index in [0.717, 1.165) is 38.3 Å². The number of pyridine rings is 1. The van der Waals surface area contributed by atoms with Crippen molar-refractivity contribution in [2.45, 2.75) is 25.7 Å². The van der Waals surface area contributed by atoms with Crippen LogP contribution in [0.2, 0.25) is 5.15 Å². The number of fused-ring (bicyclic) bond motifs is 1. The number of aromatic carboxylic acids is 1. The standard InChI is InChI=1S/C15H18ClN3O2/c1-2-18-8-6-10(7-9-18)14-17-13(16)11-4-3-5-12(15(20)21)19(11)14/h3-5,10H,2,6-9H2,1H3,(H,20,21). The van der Waals surface area contributed by atoms with Gasteiger partial charge in [0.05, 0.1) is 5.52 Å². The highest BCUT2D eigenvalue weighted by Gasteiger charge is 2.26. The molecule has 0 unspecified atom stereocenters. The van der Waals surface area contributed by atoms with Gasteiger partial charge in [-0.3, -0.25) is 4.40 Å². The highest BCUT2D eigenvalue weighted by Crippen LogP contribution is 2.31. The van der Waals surface area contributed by atoms with Gasteiger partial charge < -0.3 is 10.0 Å². The quantitative estimate of drug-likeness (QED) is 0.947. The Morgan fingerprint density at radius 3 is 2.76 bits per heavy atom. The molecule has 1 saturated heterocycles. The van der Waals surface area contributed by atoms with Crippen LogP contribution in [0.4, 0.5) is 0 Å². The number of imidazole rings is 1. The Morgan fingerprint density at radius 1 is 1.43 bits per heavy atom. The van der Waals surface area contributed by atoms with Gasteiger partial charge in [-0.1, -0.05) is 24.6 Å². The molecule has 112 valence electrons. The first-order chi connectivity index (χ1) is 10.1. The van der Waals surface area contributed by atoms with Crippen LogP contribution in [0.25, 0.3) is 5.52 Å². The third-order valence-corrected chi connectivity index (χ3v) is 4.54. The minimum atomic E-state index is -0.957. The lowest BCUT2D eigenvalue weighted by Gasteiger charge is -2.30. The molecule has 21 heavy (non-hydrogen) atoms. The maximum atomic E-state index is 11.5. The Hall–Kier alpha value is -1.59. The average Bonchev–Trinajstić information content (AvgIpc) is 2.84. The van der Waals surface area contributed by atoms with E-state index in [1.807, 2.05) is 6.07 Å². The molecule has 0 bridgehead atoms. The number of likely N-dealkylation sites (tertiary alicyclic amines) is 1. The molecular weight excluding hydrogens is 290 g/mol. The number of carbonyl (C=O) groups is 1. The number of halogens is 1. The number of piperidine rings is 1. The van der Waals surface area contributed by atoms with Crippen LogP contribution in [0.5, 0.6) is 0 Å². The number of aromatic nitrogens is 2. The van der Waals surface area contributed by atoms with E-state index in [-0.39, 0.29) is 11.6 Å². The summed E-state index contributed by atoms with van der Waals surface area (Å²) < 4.78 is 1.71. The summed E-state index contributed by atoms with van der Waals surface area (Å²) in [5.41, 5.74) is 0.893. The summed E-state index contributed by atoms with van der Waals surface area (Å²) in [6.07, 6.45) is 1.97. The highest BCUT2D eigenvalue weighted by molar-refractivity contribution is 6.32. The molecule has 1 aliphatic rings. The molecule has 6 heteroatoms. The third kappa shape index (κ3) is 2.51. The minimum absolute atomic E-state index is 0.222. The van der Waals surface area contributed by atoms with Crippen LogP contribution in [0, 0.1) is 0 Å². The predicted octanol–water partition coefficient (Wildman–Crippen LogP) is 2.89. The Bertz CT molecular complexity index is 675. The summed E-state index contributed by atoms with van der Waals surface area (Å²) >= 11 is 6.19. The Kier molecular flexibility index (Phi) is 3.87. The molecule has 0 atom stereocenters. The van der Waals surface area contributed by atoms with Crippen LogP contribution in [-0.2, 0) is 0 Å². The van der Waals surface area contributed by atoms with Crippen molar-refractivity contribution in [2.24, 2.45) is 0 Å². The summed E-state index contributed by atoms with van der Waals surface area (Å²) in [6.45, 7) is 5.24. The van der Waals surface area contributed by atoms with Crippen molar-refractivity contribution in [3.63, 3.8) is 0 Å². The molecule has 0 aromatic carbocycles. The van der Waals surface area contributed by atoms with Gasteiger partial charge in [-0.25, -0.2) is 9.78 Å². The molecule has 0 saturated carbocycles. The number of nitrogens with zero attached hydrogens (tertiary/aromatic N) is 3. The lowest BCUT2D eigenvalue weighted by atomic mass is 9.96. The minimum Gasteiger partial charge on any atom is -0.477 e. The fourth-order valence-electron chi connectivity index (χ4n) is 3.07. The van der Waals surface area contributed by atoms with E-state index in [1.165, 1.54) is 0 Å². The zero-order chi connectivity index (χ0) is 15.0. The van der Waals surface area contributed by atoms with E-state index in [0.29, 0.717) is 10.7 Å². The molecule has 0 aliphatic carbocycles. The van der Waals surface area contributed by atoms with Gasteiger partial charge in [0.2, 0.25) is 0 Å². The molecule has 1 fully saturated rings. The summed E-state index contributed by atoms with van der Waals surface area (Å²) in [4.78, 5) is 18.3. The van der Waals surface area contributed by atoms with Crippen molar-refractivity contribution in [1.82, 2.24) is 14.3 Å². The van der Waals surface area contributed by atoms with Gasteiger partial charge >= 0.3 is 5.97 Å². The fourth-order valence-corrected chi connectivity index (χ4v) is 3.31. The number of hydrogen-bond donors (Lipinski definition) is 1. The van der Waals surface area contributed by atoms with E-state index in [4.69, 9.17) is 11.6 Å². The number of carboxylic acid groups (broad SMARTS) is 1. The van der Waals surface area contributed by atoms with E-state index >= 15 is 0 Å². The summed E-state index contributed by atoms with van der Waals surface area (Å²) in [7, 11) is 0. The van der Waals surface area contributed by atoms with E-state index in [9.17, 15) is 9.90 Å². The van der Waals surface area contributed by atoms with Crippen LogP contribution in [0.15, 0.2) is 18.2 Å². The monoisotopic (exact) mass is 307 g/mol. The Balaban J connectivity index is 2.05. The molecule has 1 aliphatic heterocycles.